The lowest BCUT2D eigenvalue weighted by molar-refractivity contribution is 1.32. The van der Waals surface area contributed by atoms with Crippen LogP contribution in [0.2, 0.25) is 0 Å². The standard InChI is InChI=1S/C12H11NS/c1-14-12-6-2-4-10(8-12)11-5-3-7-13-9-11/h2-9H,1H3. The molecular formula is C12H11NS. The second-order valence-electron chi connectivity index (χ2n) is 2.97. The minimum atomic E-state index is 1.17. The summed E-state index contributed by atoms with van der Waals surface area (Å²) in [6.07, 6.45) is 5.77. The summed E-state index contributed by atoms with van der Waals surface area (Å²) in [7, 11) is 0. The van der Waals surface area contributed by atoms with Crippen molar-refractivity contribution < 1.29 is 0 Å². The van der Waals surface area contributed by atoms with Crippen molar-refractivity contribution in [1.82, 2.24) is 4.98 Å². The van der Waals surface area contributed by atoms with Gasteiger partial charge in [-0.25, -0.2) is 0 Å². The molecule has 0 saturated carbocycles. The first-order valence-corrected chi connectivity index (χ1v) is 5.67. The molecule has 0 unspecified atom stereocenters. The molecule has 0 atom stereocenters. The zero-order chi connectivity index (χ0) is 9.80. The van der Waals surface area contributed by atoms with E-state index in [4.69, 9.17) is 0 Å². The Morgan fingerprint density at radius 1 is 1.07 bits per heavy atom. The molecule has 0 aliphatic carbocycles. The molecule has 0 aliphatic heterocycles. The summed E-state index contributed by atoms with van der Waals surface area (Å²) in [6, 6.07) is 12.5. The maximum absolute atomic E-state index is 4.11. The molecule has 1 aromatic carbocycles. The third-order valence-corrected chi connectivity index (χ3v) is 2.79. The lowest BCUT2D eigenvalue weighted by Gasteiger charge is -2.02. The summed E-state index contributed by atoms with van der Waals surface area (Å²) in [6.45, 7) is 0. The molecule has 1 nitrogen and oxygen atoms in total. The third-order valence-electron chi connectivity index (χ3n) is 2.06. The molecule has 0 aliphatic rings. The van der Waals surface area contributed by atoms with E-state index in [0.717, 1.165) is 0 Å². The van der Waals surface area contributed by atoms with Crippen molar-refractivity contribution in [2.24, 2.45) is 0 Å². The van der Waals surface area contributed by atoms with E-state index in [0.29, 0.717) is 0 Å². The highest BCUT2D eigenvalue weighted by Crippen LogP contribution is 2.23. The maximum Gasteiger partial charge on any atom is 0.0346 e. The highest BCUT2D eigenvalue weighted by atomic mass is 32.2. The Labute approximate surface area is 88.2 Å². The predicted molar refractivity (Wildman–Crippen MR) is 61.5 cm³/mol. The number of thioether (sulfide) groups is 1. The van der Waals surface area contributed by atoms with E-state index in [2.05, 4.69) is 41.6 Å². The molecule has 0 spiro atoms. The van der Waals surface area contributed by atoms with Gasteiger partial charge in [0.15, 0.2) is 0 Å². The van der Waals surface area contributed by atoms with E-state index in [1.54, 1.807) is 18.0 Å². The topological polar surface area (TPSA) is 12.9 Å². The Balaban J connectivity index is 2.42. The summed E-state index contributed by atoms with van der Waals surface area (Å²) < 4.78 is 0. The van der Waals surface area contributed by atoms with Gasteiger partial charge in [-0.15, -0.1) is 11.8 Å². The van der Waals surface area contributed by atoms with Crippen LogP contribution in [-0.2, 0) is 0 Å². The minimum Gasteiger partial charge on any atom is -0.264 e. The van der Waals surface area contributed by atoms with Crippen molar-refractivity contribution >= 4 is 11.8 Å². The zero-order valence-electron chi connectivity index (χ0n) is 7.97. The first-order chi connectivity index (χ1) is 6.90. The highest BCUT2D eigenvalue weighted by Gasteiger charge is 1.97. The van der Waals surface area contributed by atoms with E-state index in [1.807, 2.05) is 12.3 Å². The molecule has 1 aromatic heterocycles. The van der Waals surface area contributed by atoms with Gasteiger partial charge in [-0.05, 0) is 30.0 Å². The van der Waals surface area contributed by atoms with Gasteiger partial charge in [0.25, 0.3) is 0 Å². The summed E-state index contributed by atoms with van der Waals surface area (Å²) in [5.74, 6) is 0. The van der Waals surface area contributed by atoms with Crippen LogP contribution < -0.4 is 0 Å². The molecule has 0 saturated heterocycles. The van der Waals surface area contributed by atoms with Crippen LogP contribution in [0.3, 0.4) is 0 Å². The Morgan fingerprint density at radius 2 is 1.93 bits per heavy atom. The molecule has 70 valence electrons. The molecule has 2 rings (SSSR count). The fourth-order valence-electron chi connectivity index (χ4n) is 1.34. The van der Waals surface area contributed by atoms with Crippen LogP contribution in [-0.4, -0.2) is 11.2 Å². The fraction of sp³-hybridized carbons (Fsp3) is 0.0833. The van der Waals surface area contributed by atoms with Gasteiger partial charge in [0, 0.05) is 22.9 Å². The van der Waals surface area contributed by atoms with Crippen molar-refractivity contribution in [3.63, 3.8) is 0 Å². The molecule has 14 heavy (non-hydrogen) atoms. The molecule has 0 radical (unpaired) electrons. The Morgan fingerprint density at radius 3 is 2.64 bits per heavy atom. The molecule has 0 fully saturated rings. The van der Waals surface area contributed by atoms with E-state index >= 15 is 0 Å². The van der Waals surface area contributed by atoms with Crippen molar-refractivity contribution in [1.29, 1.82) is 0 Å². The van der Waals surface area contributed by atoms with E-state index < -0.39 is 0 Å². The van der Waals surface area contributed by atoms with Crippen LogP contribution in [0.25, 0.3) is 11.1 Å². The van der Waals surface area contributed by atoms with Gasteiger partial charge in [0.1, 0.15) is 0 Å². The van der Waals surface area contributed by atoms with Gasteiger partial charge in [-0.2, -0.15) is 0 Å². The van der Waals surface area contributed by atoms with Crippen molar-refractivity contribution in [2.45, 2.75) is 4.90 Å². The first kappa shape index (κ1) is 9.28. The monoisotopic (exact) mass is 201 g/mol. The summed E-state index contributed by atoms with van der Waals surface area (Å²) >= 11 is 1.76. The SMILES string of the molecule is CSc1cccc(-c2cccnc2)c1. The molecule has 0 amide bonds. The maximum atomic E-state index is 4.11. The summed E-state index contributed by atoms with van der Waals surface area (Å²) in [5, 5.41) is 0. The number of aromatic nitrogens is 1. The van der Waals surface area contributed by atoms with Crippen LogP contribution in [0.1, 0.15) is 0 Å². The molecule has 2 aromatic rings. The van der Waals surface area contributed by atoms with Crippen LogP contribution in [0.15, 0.2) is 53.7 Å². The molecule has 1 heterocycles. The quantitative estimate of drug-likeness (QED) is 0.690. The van der Waals surface area contributed by atoms with Gasteiger partial charge in [-0.1, -0.05) is 18.2 Å². The van der Waals surface area contributed by atoms with Crippen LogP contribution in [0.5, 0.6) is 0 Å². The average molecular weight is 201 g/mol. The van der Waals surface area contributed by atoms with Crippen LogP contribution in [0, 0.1) is 0 Å². The van der Waals surface area contributed by atoms with Crippen molar-refractivity contribution in [2.75, 3.05) is 6.26 Å². The van der Waals surface area contributed by atoms with Gasteiger partial charge < -0.3 is 0 Å². The minimum absolute atomic E-state index is 1.17. The molecular weight excluding hydrogens is 190 g/mol. The number of pyridine rings is 1. The Bertz CT molecular complexity index is 412. The van der Waals surface area contributed by atoms with Crippen LogP contribution >= 0.6 is 11.8 Å². The van der Waals surface area contributed by atoms with Crippen LogP contribution in [0.4, 0.5) is 0 Å². The molecule has 2 heteroatoms. The van der Waals surface area contributed by atoms with Gasteiger partial charge >= 0.3 is 0 Å². The largest absolute Gasteiger partial charge is 0.264 e. The Hall–Kier alpha value is -1.28. The summed E-state index contributed by atoms with van der Waals surface area (Å²) in [4.78, 5) is 5.39. The average Bonchev–Trinajstić information content (AvgIpc) is 2.30. The Kier molecular flexibility index (Phi) is 2.84. The lowest BCUT2D eigenvalue weighted by atomic mass is 10.1. The predicted octanol–water partition coefficient (Wildman–Crippen LogP) is 3.47. The van der Waals surface area contributed by atoms with Gasteiger partial charge in [-0.3, -0.25) is 4.98 Å². The lowest BCUT2D eigenvalue weighted by Crippen LogP contribution is -1.79. The second-order valence-corrected chi connectivity index (χ2v) is 3.85. The van der Waals surface area contributed by atoms with E-state index in [9.17, 15) is 0 Å². The molecule has 0 N–H and O–H groups in total. The normalized spacial score (nSPS) is 10.1. The molecule has 0 bridgehead atoms. The highest BCUT2D eigenvalue weighted by molar-refractivity contribution is 7.98. The van der Waals surface area contributed by atoms with Crippen molar-refractivity contribution in [3.05, 3.63) is 48.8 Å². The number of hydrogen-bond acceptors (Lipinski definition) is 2. The second kappa shape index (κ2) is 4.29. The first-order valence-electron chi connectivity index (χ1n) is 4.44. The fourth-order valence-corrected chi connectivity index (χ4v) is 1.80. The summed E-state index contributed by atoms with van der Waals surface area (Å²) in [5.41, 5.74) is 2.40. The number of benzene rings is 1. The van der Waals surface area contributed by atoms with Crippen molar-refractivity contribution in [3.8, 4) is 11.1 Å². The number of nitrogens with zero attached hydrogens (tertiary/aromatic N) is 1. The third kappa shape index (κ3) is 1.96. The van der Waals surface area contributed by atoms with E-state index in [-0.39, 0.29) is 0 Å². The van der Waals surface area contributed by atoms with E-state index in [1.165, 1.54) is 16.0 Å². The number of rotatable bonds is 2. The smallest absolute Gasteiger partial charge is 0.0346 e. The van der Waals surface area contributed by atoms with Gasteiger partial charge in [0.2, 0.25) is 0 Å². The zero-order valence-corrected chi connectivity index (χ0v) is 8.79. The van der Waals surface area contributed by atoms with Gasteiger partial charge in [0.05, 0.1) is 0 Å². The number of hydrogen-bond donors (Lipinski definition) is 0.